The van der Waals surface area contributed by atoms with E-state index in [4.69, 9.17) is 14.5 Å². The normalized spacial score (nSPS) is 19.0. The van der Waals surface area contributed by atoms with E-state index in [1.165, 1.54) is 0 Å². The maximum Gasteiger partial charge on any atom is 0.258 e. The molecule has 5 nitrogen and oxygen atoms in total. The first kappa shape index (κ1) is 12.2. The Morgan fingerprint density at radius 1 is 1.42 bits per heavy atom. The molecule has 1 aliphatic heterocycles. The summed E-state index contributed by atoms with van der Waals surface area (Å²) in [6.07, 6.45) is -0.101. The van der Waals surface area contributed by atoms with Crippen molar-refractivity contribution in [2.45, 2.75) is 6.10 Å². The molecule has 2 aromatic rings. The molecule has 0 aliphatic carbocycles. The molecule has 1 saturated heterocycles. The van der Waals surface area contributed by atoms with E-state index in [-0.39, 0.29) is 6.10 Å². The van der Waals surface area contributed by atoms with E-state index in [1.54, 1.807) is 18.2 Å². The second kappa shape index (κ2) is 5.43. The summed E-state index contributed by atoms with van der Waals surface area (Å²) >= 11 is 1.82. The van der Waals surface area contributed by atoms with Gasteiger partial charge < -0.3 is 9.26 Å². The number of thioether (sulfide) groups is 1. The molecule has 0 spiro atoms. The van der Waals surface area contributed by atoms with Gasteiger partial charge in [0, 0.05) is 17.1 Å². The Labute approximate surface area is 114 Å². The van der Waals surface area contributed by atoms with Gasteiger partial charge in [0.2, 0.25) is 5.82 Å². The van der Waals surface area contributed by atoms with Crippen molar-refractivity contribution in [2.24, 2.45) is 0 Å². The molecule has 1 aliphatic rings. The number of nitrogens with zero attached hydrogens (tertiary/aromatic N) is 3. The molecule has 1 atom stereocenters. The summed E-state index contributed by atoms with van der Waals surface area (Å²) in [6, 6.07) is 9.20. The fourth-order valence-corrected chi connectivity index (χ4v) is 2.68. The number of nitriles is 1. The van der Waals surface area contributed by atoms with Crippen LogP contribution in [0, 0.1) is 11.3 Å². The van der Waals surface area contributed by atoms with Crippen molar-refractivity contribution >= 4 is 11.8 Å². The maximum atomic E-state index is 8.88. The van der Waals surface area contributed by atoms with Crippen molar-refractivity contribution in [3.63, 3.8) is 0 Å². The fourth-order valence-electron chi connectivity index (χ4n) is 1.84. The second-order valence-corrected chi connectivity index (χ2v) is 5.23. The molecule has 0 amide bonds. The summed E-state index contributed by atoms with van der Waals surface area (Å²) in [5, 5.41) is 12.8. The predicted molar refractivity (Wildman–Crippen MR) is 70.5 cm³/mol. The van der Waals surface area contributed by atoms with Gasteiger partial charge >= 0.3 is 0 Å². The average molecular weight is 273 g/mol. The highest BCUT2D eigenvalue weighted by Crippen LogP contribution is 2.26. The Bertz CT molecular complexity index is 614. The molecule has 1 unspecified atom stereocenters. The molecule has 96 valence electrons. The Morgan fingerprint density at radius 2 is 2.37 bits per heavy atom. The summed E-state index contributed by atoms with van der Waals surface area (Å²) in [7, 11) is 0. The first-order valence-corrected chi connectivity index (χ1v) is 7.06. The van der Waals surface area contributed by atoms with E-state index >= 15 is 0 Å². The van der Waals surface area contributed by atoms with Crippen molar-refractivity contribution in [3.05, 3.63) is 35.7 Å². The van der Waals surface area contributed by atoms with Crippen molar-refractivity contribution in [2.75, 3.05) is 18.1 Å². The molecule has 0 bridgehead atoms. The molecule has 0 N–H and O–H groups in total. The molecule has 2 heterocycles. The van der Waals surface area contributed by atoms with Crippen LogP contribution in [0.4, 0.5) is 0 Å². The lowest BCUT2D eigenvalue weighted by Crippen LogP contribution is -2.16. The molecule has 0 radical (unpaired) electrons. The quantitative estimate of drug-likeness (QED) is 0.836. The van der Waals surface area contributed by atoms with Crippen LogP contribution in [0.3, 0.4) is 0 Å². The number of aromatic nitrogens is 2. The van der Waals surface area contributed by atoms with E-state index in [1.807, 2.05) is 17.8 Å². The summed E-state index contributed by atoms with van der Waals surface area (Å²) in [4.78, 5) is 4.35. The van der Waals surface area contributed by atoms with Crippen molar-refractivity contribution < 1.29 is 9.26 Å². The van der Waals surface area contributed by atoms with E-state index < -0.39 is 0 Å². The Balaban J connectivity index is 1.86. The highest BCUT2D eigenvalue weighted by Gasteiger charge is 2.22. The first-order chi connectivity index (χ1) is 9.36. The minimum Gasteiger partial charge on any atom is -0.368 e. The van der Waals surface area contributed by atoms with Crippen LogP contribution in [0.5, 0.6) is 0 Å². The number of hydrogen-bond acceptors (Lipinski definition) is 6. The molecule has 6 heteroatoms. The Morgan fingerprint density at radius 3 is 3.16 bits per heavy atom. The van der Waals surface area contributed by atoms with Gasteiger partial charge in [0.1, 0.15) is 6.10 Å². The Hall–Kier alpha value is -1.84. The van der Waals surface area contributed by atoms with E-state index in [0.717, 1.165) is 17.1 Å². The van der Waals surface area contributed by atoms with Gasteiger partial charge in [0.15, 0.2) is 0 Å². The van der Waals surface area contributed by atoms with Crippen molar-refractivity contribution in [1.82, 2.24) is 10.1 Å². The lowest BCUT2D eigenvalue weighted by molar-refractivity contribution is 0.0677. The third-order valence-electron chi connectivity index (χ3n) is 2.78. The zero-order valence-corrected chi connectivity index (χ0v) is 10.9. The lowest BCUT2D eigenvalue weighted by Gasteiger charge is -2.18. The first-order valence-electron chi connectivity index (χ1n) is 5.90. The van der Waals surface area contributed by atoms with Crippen LogP contribution in [0.15, 0.2) is 28.8 Å². The molecule has 3 rings (SSSR count). The minimum absolute atomic E-state index is 0.101. The minimum atomic E-state index is -0.101. The van der Waals surface area contributed by atoms with Crippen molar-refractivity contribution in [3.8, 4) is 17.5 Å². The number of ether oxygens (including phenoxy) is 1. The van der Waals surface area contributed by atoms with Crippen molar-refractivity contribution in [1.29, 1.82) is 5.26 Å². The van der Waals surface area contributed by atoms with Crippen LogP contribution in [-0.2, 0) is 4.74 Å². The number of hydrogen-bond donors (Lipinski definition) is 0. The van der Waals surface area contributed by atoms with Crippen LogP contribution in [-0.4, -0.2) is 28.3 Å². The molecule has 0 saturated carbocycles. The highest BCUT2D eigenvalue weighted by atomic mass is 32.2. The summed E-state index contributed by atoms with van der Waals surface area (Å²) in [5.41, 5.74) is 1.32. The number of rotatable bonds is 2. The SMILES string of the molecule is N#Cc1cccc(-c2nc(C3CSCCO3)no2)c1. The molecule has 19 heavy (non-hydrogen) atoms. The summed E-state index contributed by atoms with van der Waals surface area (Å²) < 4.78 is 10.8. The smallest absolute Gasteiger partial charge is 0.258 e. The van der Waals surface area contributed by atoms with Gasteiger partial charge in [-0.1, -0.05) is 11.2 Å². The molecular formula is C13H11N3O2S. The maximum absolute atomic E-state index is 8.88. The molecule has 1 aromatic heterocycles. The van der Waals surface area contributed by atoms with Gasteiger partial charge in [-0.15, -0.1) is 0 Å². The summed E-state index contributed by atoms with van der Waals surface area (Å²) in [6.45, 7) is 0.711. The highest BCUT2D eigenvalue weighted by molar-refractivity contribution is 7.99. The van der Waals surface area contributed by atoms with Crippen LogP contribution in [0.2, 0.25) is 0 Å². The van der Waals surface area contributed by atoms with E-state index in [9.17, 15) is 0 Å². The average Bonchev–Trinajstić information content (AvgIpc) is 2.98. The second-order valence-electron chi connectivity index (χ2n) is 4.08. The van der Waals surface area contributed by atoms with Gasteiger partial charge in [-0.25, -0.2) is 0 Å². The van der Waals surface area contributed by atoms with E-state index in [0.29, 0.717) is 23.9 Å². The topological polar surface area (TPSA) is 71.9 Å². The Kier molecular flexibility index (Phi) is 3.49. The van der Waals surface area contributed by atoms with Gasteiger partial charge in [-0.05, 0) is 18.2 Å². The van der Waals surface area contributed by atoms with Gasteiger partial charge in [0.25, 0.3) is 5.89 Å². The lowest BCUT2D eigenvalue weighted by atomic mass is 10.1. The van der Waals surface area contributed by atoms with Crippen LogP contribution < -0.4 is 0 Å². The van der Waals surface area contributed by atoms with Crippen LogP contribution in [0.1, 0.15) is 17.5 Å². The van der Waals surface area contributed by atoms with Crippen LogP contribution in [0.25, 0.3) is 11.5 Å². The zero-order valence-electron chi connectivity index (χ0n) is 10.1. The third kappa shape index (κ3) is 2.62. The largest absolute Gasteiger partial charge is 0.368 e. The summed E-state index contributed by atoms with van der Waals surface area (Å²) in [5.74, 6) is 2.85. The molecular weight excluding hydrogens is 262 g/mol. The molecule has 1 aromatic carbocycles. The van der Waals surface area contributed by atoms with Gasteiger partial charge in [-0.2, -0.15) is 22.0 Å². The number of benzene rings is 1. The zero-order chi connectivity index (χ0) is 13.1. The van der Waals surface area contributed by atoms with Gasteiger partial charge in [-0.3, -0.25) is 0 Å². The fraction of sp³-hybridized carbons (Fsp3) is 0.308. The van der Waals surface area contributed by atoms with Crippen LogP contribution >= 0.6 is 11.8 Å². The van der Waals surface area contributed by atoms with E-state index in [2.05, 4.69) is 16.2 Å². The third-order valence-corrected chi connectivity index (χ3v) is 3.78. The van der Waals surface area contributed by atoms with Gasteiger partial charge in [0.05, 0.1) is 18.2 Å². The predicted octanol–water partition coefficient (Wildman–Crippen LogP) is 2.41. The standard InChI is InChI=1S/C13H11N3O2S/c14-7-9-2-1-3-10(6-9)13-15-12(16-18-13)11-8-19-5-4-17-11/h1-3,6,11H,4-5,8H2. The molecule has 1 fully saturated rings. The monoisotopic (exact) mass is 273 g/mol.